The van der Waals surface area contributed by atoms with Crippen LogP contribution in [0.5, 0.6) is 0 Å². The lowest BCUT2D eigenvalue weighted by Gasteiger charge is -2.16. The molecule has 0 fully saturated rings. The lowest BCUT2D eigenvalue weighted by atomic mass is 10.0. The first-order valence-electron chi connectivity index (χ1n) is 6.12. The summed E-state index contributed by atoms with van der Waals surface area (Å²) in [4.78, 5) is 11.5. The monoisotopic (exact) mass is 304 g/mol. The molecule has 0 heterocycles. The van der Waals surface area contributed by atoms with Crippen LogP contribution in [0.25, 0.3) is 0 Å². The predicted octanol–water partition coefficient (Wildman–Crippen LogP) is 2.78. The number of aliphatic hydroxyl groups excluding tert-OH is 1. The van der Waals surface area contributed by atoms with Crippen LogP contribution < -0.4 is 10.6 Å². The summed E-state index contributed by atoms with van der Waals surface area (Å²) in [5.41, 5.74) is 0.835. The van der Waals surface area contributed by atoms with Gasteiger partial charge in [0.05, 0.1) is 0 Å². The molecule has 0 saturated heterocycles. The SMILES string of the molecule is CC(CNC(=O)NCCCO)c1c(Cl)cccc1Cl. The molecule has 1 unspecified atom stereocenters. The second-order valence-electron chi connectivity index (χ2n) is 4.25. The number of amides is 2. The maximum Gasteiger partial charge on any atom is 0.314 e. The number of nitrogens with one attached hydrogen (secondary N) is 2. The maximum absolute atomic E-state index is 11.5. The Morgan fingerprint density at radius 3 is 2.53 bits per heavy atom. The van der Waals surface area contributed by atoms with E-state index >= 15 is 0 Å². The number of aliphatic hydroxyl groups is 1. The Morgan fingerprint density at radius 1 is 1.32 bits per heavy atom. The summed E-state index contributed by atoms with van der Waals surface area (Å²) in [5.74, 6) is 0.0183. The fourth-order valence-electron chi connectivity index (χ4n) is 1.67. The Morgan fingerprint density at radius 2 is 1.95 bits per heavy atom. The van der Waals surface area contributed by atoms with Gasteiger partial charge in [-0.3, -0.25) is 0 Å². The van der Waals surface area contributed by atoms with Crippen LogP contribution in [-0.4, -0.2) is 30.8 Å². The van der Waals surface area contributed by atoms with Gasteiger partial charge in [0.15, 0.2) is 0 Å². The Balaban J connectivity index is 2.47. The Bertz CT molecular complexity index is 407. The van der Waals surface area contributed by atoms with E-state index in [0.29, 0.717) is 29.6 Å². The summed E-state index contributed by atoms with van der Waals surface area (Å²) in [6.45, 7) is 2.89. The van der Waals surface area contributed by atoms with Crippen molar-refractivity contribution in [3.63, 3.8) is 0 Å². The molecule has 1 aromatic carbocycles. The van der Waals surface area contributed by atoms with E-state index in [4.69, 9.17) is 28.3 Å². The minimum absolute atomic E-state index is 0.0183. The number of carbonyl (C=O) groups excluding carboxylic acids is 1. The average Bonchev–Trinajstić information content (AvgIpc) is 2.36. The molecule has 1 aromatic rings. The molecule has 1 rings (SSSR count). The number of carbonyl (C=O) groups is 1. The molecule has 2 amide bonds. The van der Waals surface area contributed by atoms with E-state index in [1.807, 2.05) is 6.92 Å². The second-order valence-corrected chi connectivity index (χ2v) is 5.06. The number of hydrogen-bond acceptors (Lipinski definition) is 2. The normalized spacial score (nSPS) is 12.0. The first kappa shape index (κ1) is 16.1. The van der Waals surface area contributed by atoms with E-state index in [2.05, 4.69) is 10.6 Å². The largest absolute Gasteiger partial charge is 0.396 e. The standard InChI is InChI=1S/C13H18Cl2N2O2/c1-9(8-17-13(19)16-6-3-7-18)12-10(14)4-2-5-11(12)15/h2,4-5,9,18H,3,6-8H2,1H3,(H2,16,17,19). The summed E-state index contributed by atoms with van der Waals surface area (Å²) in [6.07, 6.45) is 0.541. The molecular weight excluding hydrogens is 287 g/mol. The van der Waals surface area contributed by atoms with Gasteiger partial charge in [-0.15, -0.1) is 0 Å². The smallest absolute Gasteiger partial charge is 0.314 e. The van der Waals surface area contributed by atoms with Crippen molar-refractivity contribution in [2.75, 3.05) is 19.7 Å². The van der Waals surface area contributed by atoms with Crippen LogP contribution in [0.2, 0.25) is 10.0 Å². The van der Waals surface area contributed by atoms with Crippen molar-refractivity contribution in [2.45, 2.75) is 19.3 Å². The van der Waals surface area contributed by atoms with Crippen molar-refractivity contribution in [3.8, 4) is 0 Å². The van der Waals surface area contributed by atoms with Crippen LogP contribution in [0, 0.1) is 0 Å². The lowest BCUT2D eigenvalue weighted by molar-refractivity contribution is 0.237. The molecule has 0 saturated carbocycles. The third-order valence-corrected chi connectivity index (χ3v) is 3.34. The summed E-state index contributed by atoms with van der Waals surface area (Å²) < 4.78 is 0. The van der Waals surface area contributed by atoms with Crippen molar-refractivity contribution < 1.29 is 9.90 Å². The van der Waals surface area contributed by atoms with Crippen molar-refractivity contribution in [2.24, 2.45) is 0 Å². The van der Waals surface area contributed by atoms with Gasteiger partial charge >= 0.3 is 6.03 Å². The zero-order chi connectivity index (χ0) is 14.3. The molecule has 0 aromatic heterocycles. The van der Waals surface area contributed by atoms with Gasteiger partial charge in [-0.1, -0.05) is 36.2 Å². The molecule has 0 radical (unpaired) electrons. The van der Waals surface area contributed by atoms with E-state index in [1.54, 1.807) is 18.2 Å². The van der Waals surface area contributed by atoms with Crippen LogP contribution in [-0.2, 0) is 0 Å². The molecule has 0 aliphatic rings. The third kappa shape index (κ3) is 5.27. The Kier molecular flexibility index (Phi) is 6.99. The zero-order valence-corrected chi connectivity index (χ0v) is 12.3. The van der Waals surface area contributed by atoms with Gasteiger partial charge in [-0.2, -0.15) is 0 Å². The molecule has 0 bridgehead atoms. The van der Waals surface area contributed by atoms with Gasteiger partial charge < -0.3 is 15.7 Å². The first-order valence-corrected chi connectivity index (χ1v) is 6.88. The topological polar surface area (TPSA) is 61.4 Å². The number of hydrogen-bond donors (Lipinski definition) is 3. The number of urea groups is 1. The minimum atomic E-state index is -0.261. The van der Waals surface area contributed by atoms with Crippen molar-refractivity contribution >= 4 is 29.2 Å². The molecule has 1 atom stereocenters. The molecule has 4 nitrogen and oxygen atoms in total. The van der Waals surface area contributed by atoms with E-state index in [9.17, 15) is 4.79 Å². The number of benzene rings is 1. The Hall–Kier alpha value is -0.970. The molecule has 0 aliphatic heterocycles. The van der Waals surface area contributed by atoms with Gasteiger partial charge in [-0.05, 0) is 24.1 Å². The molecule has 106 valence electrons. The predicted molar refractivity (Wildman–Crippen MR) is 78.0 cm³/mol. The van der Waals surface area contributed by atoms with Crippen molar-refractivity contribution in [3.05, 3.63) is 33.8 Å². The third-order valence-electron chi connectivity index (χ3n) is 2.68. The fourth-order valence-corrected chi connectivity index (χ4v) is 2.44. The van der Waals surface area contributed by atoms with Gasteiger partial charge in [-0.25, -0.2) is 4.79 Å². The van der Waals surface area contributed by atoms with Crippen LogP contribution in [0.3, 0.4) is 0 Å². The van der Waals surface area contributed by atoms with Gasteiger partial charge in [0, 0.05) is 35.7 Å². The summed E-state index contributed by atoms with van der Waals surface area (Å²) in [5, 5.41) is 15.2. The first-order chi connectivity index (χ1) is 9.06. The lowest BCUT2D eigenvalue weighted by Crippen LogP contribution is -2.38. The number of halogens is 2. The van der Waals surface area contributed by atoms with Crippen LogP contribution in [0.15, 0.2) is 18.2 Å². The van der Waals surface area contributed by atoms with Crippen molar-refractivity contribution in [1.29, 1.82) is 0 Å². The van der Waals surface area contributed by atoms with Crippen LogP contribution in [0.4, 0.5) is 4.79 Å². The van der Waals surface area contributed by atoms with Crippen LogP contribution >= 0.6 is 23.2 Å². The summed E-state index contributed by atoms with van der Waals surface area (Å²) >= 11 is 12.2. The second kappa shape index (κ2) is 8.25. The molecule has 0 spiro atoms. The highest BCUT2D eigenvalue weighted by Gasteiger charge is 2.14. The van der Waals surface area contributed by atoms with E-state index in [-0.39, 0.29) is 18.6 Å². The fraction of sp³-hybridized carbons (Fsp3) is 0.462. The summed E-state index contributed by atoms with van der Waals surface area (Å²) in [6, 6.07) is 5.08. The molecule has 19 heavy (non-hydrogen) atoms. The molecule has 0 aliphatic carbocycles. The van der Waals surface area contributed by atoms with Crippen molar-refractivity contribution in [1.82, 2.24) is 10.6 Å². The molecular formula is C13H18Cl2N2O2. The average molecular weight is 305 g/mol. The Labute approximate surface area is 123 Å². The highest BCUT2D eigenvalue weighted by atomic mass is 35.5. The highest BCUT2D eigenvalue weighted by molar-refractivity contribution is 6.36. The van der Waals surface area contributed by atoms with E-state index in [0.717, 1.165) is 5.56 Å². The zero-order valence-electron chi connectivity index (χ0n) is 10.7. The maximum atomic E-state index is 11.5. The van der Waals surface area contributed by atoms with E-state index < -0.39 is 0 Å². The molecule has 3 N–H and O–H groups in total. The quantitative estimate of drug-likeness (QED) is 0.708. The minimum Gasteiger partial charge on any atom is -0.396 e. The summed E-state index contributed by atoms with van der Waals surface area (Å²) in [7, 11) is 0. The van der Waals surface area contributed by atoms with Gasteiger partial charge in [0.1, 0.15) is 0 Å². The number of rotatable bonds is 6. The van der Waals surface area contributed by atoms with E-state index in [1.165, 1.54) is 0 Å². The van der Waals surface area contributed by atoms with Crippen LogP contribution in [0.1, 0.15) is 24.8 Å². The molecule has 6 heteroatoms. The van der Waals surface area contributed by atoms with Gasteiger partial charge in [0.2, 0.25) is 0 Å². The highest BCUT2D eigenvalue weighted by Crippen LogP contribution is 2.30. The van der Waals surface area contributed by atoms with Gasteiger partial charge in [0.25, 0.3) is 0 Å².